The highest BCUT2D eigenvalue weighted by Gasteiger charge is 2.19. The van der Waals surface area contributed by atoms with Crippen molar-refractivity contribution in [2.24, 2.45) is 11.8 Å². The summed E-state index contributed by atoms with van der Waals surface area (Å²) in [5.41, 5.74) is 1.31. The van der Waals surface area contributed by atoms with E-state index < -0.39 is 0 Å². The van der Waals surface area contributed by atoms with Gasteiger partial charge in [-0.2, -0.15) is 0 Å². The first kappa shape index (κ1) is 13.0. The SMILES string of the molecule is CC(C)C(Cc1ccc(I)cc1)C(C)O. The van der Waals surface area contributed by atoms with Crippen LogP contribution in [0.1, 0.15) is 26.3 Å². The van der Waals surface area contributed by atoms with Crippen molar-refractivity contribution in [3.63, 3.8) is 0 Å². The van der Waals surface area contributed by atoms with Crippen LogP contribution in [-0.4, -0.2) is 11.2 Å². The Bertz CT molecular complexity index is 282. The van der Waals surface area contributed by atoms with Crippen molar-refractivity contribution in [2.75, 3.05) is 0 Å². The highest BCUT2D eigenvalue weighted by Crippen LogP contribution is 2.21. The molecule has 0 saturated heterocycles. The Kier molecular flexibility index (Phi) is 5.06. The number of rotatable bonds is 4. The fourth-order valence-corrected chi connectivity index (χ4v) is 2.22. The second-order valence-electron chi connectivity index (χ2n) is 4.48. The van der Waals surface area contributed by atoms with Gasteiger partial charge in [0, 0.05) is 3.57 Å². The lowest BCUT2D eigenvalue weighted by Crippen LogP contribution is -2.24. The molecule has 0 aliphatic carbocycles. The average molecular weight is 318 g/mol. The van der Waals surface area contributed by atoms with E-state index in [1.807, 2.05) is 6.92 Å². The third-order valence-electron chi connectivity index (χ3n) is 2.86. The highest BCUT2D eigenvalue weighted by molar-refractivity contribution is 14.1. The number of benzene rings is 1. The Hall–Kier alpha value is -0.0900. The van der Waals surface area contributed by atoms with Gasteiger partial charge in [0.05, 0.1) is 6.10 Å². The topological polar surface area (TPSA) is 20.2 Å². The molecule has 0 aliphatic rings. The van der Waals surface area contributed by atoms with Crippen LogP contribution in [0.25, 0.3) is 0 Å². The summed E-state index contributed by atoms with van der Waals surface area (Å²) in [5.74, 6) is 0.870. The Morgan fingerprint density at radius 3 is 2.07 bits per heavy atom. The van der Waals surface area contributed by atoms with Gasteiger partial charge in [0.15, 0.2) is 0 Å². The highest BCUT2D eigenvalue weighted by atomic mass is 127. The fourth-order valence-electron chi connectivity index (χ4n) is 1.86. The number of aliphatic hydroxyl groups is 1. The zero-order valence-electron chi connectivity index (χ0n) is 9.57. The van der Waals surface area contributed by atoms with Crippen molar-refractivity contribution < 1.29 is 5.11 Å². The van der Waals surface area contributed by atoms with Gasteiger partial charge in [-0.15, -0.1) is 0 Å². The molecule has 0 amide bonds. The van der Waals surface area contributed by atoms with Crippen LogP contribution in [-0.2, 0) is 6.42 Å². The van der Waals surface area contributed by atoms with Crippen LogP contribution in [0.3, 0.4) is 0 Å². The molecule has 0 spiro atoms. The summed E-state index contributed by atoms with van der Waals surface area (Å²) in [6.45, 7) is 6.23. The van der Waals surface area contributed by atoms with Gasteiger partial charge in [0.25, 0.3) is 0 Å². The third-order valence-corrected chi connectivity index (χ3v) is 3.58. The van der Waals surface area contributed by atoms with E-state index in [1.165, 1.54) is 9.13 Å². The molecule has 1 nitrogen and oxygen atoms in total. The minimum atomic E-state index is -0.232. The summed E-state index contributed by atoms with van der Waals surface area (Å²) in [6.07, 6.45) is 0.732. The van der Waals surface area contributed by atoms with Gasteiger partial charge >= 0.3 is 0 Å². The molecule has 2 unspecified atom stereocenters. The predicted molar refractivity (Wildman–Crippen MR) is 72.9 cm³/mol. The second-order valence-corrected chi connectivity index (χ2v) is 5.72. The van der Waals surface area contributed by atoms with E-state index in [9.17, 15) is 5.11 Å². The van der Waals surface area contributed by atoms with Gasteiger partial charge in [-0.3, -0.25) is 0 Å². The summed E-state index contributed by atoms with van der Waals surface area (Å²) >= 11 is 2.31. The summed E-state index contributed by atoms with van der Waals surface area (Å²) in [4.78, 5) is 0. The lowest BCUT2D eigenvalue weighted by atomic mass is 9.85. The maximum atomic E-state index is 9.70. The van der Waals surface area contributed by atoms with E-state index in [-0.39, 0.29) is 6.10 Å². The van der Waals surface area contributed by atoms with Crippen LogP contribution in [0.4, 0.5) is 0 Å². The monoisotopic (exact) mass is 318 g/mol. The van der Waals surface area contributed by atoms with E-state index in [0.717, 1.165) is 6.42 Å². The maximum absolute atomic E-state index is 9.70. The molecular formula is C13H19IO. The van der Waals surface area contributed by atoms with E-state index in [4.69, 9.17) is 0 Å². The summed E-state index contributed by atoms with van der Waals surface area (Å²) < 4.78 is 1.26. The summed E-state index contributed by atoms with van der Waals surface area (Å²) in [7, 11) is 0. The van der Waals surface area contributed by atoms with Crippen LogP contribution >= 0.6 is 22.6 Å². The minimum absolute atomic E-state index is 0.232. The smallest absolute Gasteiger partial charge is 0.0545 e. The van der Waals surface area contributed by atoms with E-state index >= 15 is 0 Å². The maximum Gasteiger partial charge on any atom is 0.0545 e. The Morgan fingerprint density at radius 1 is 1.13 bits per heavy atom. The zero-order valence-corrected chi connectivity index (χ0v) is 11.7. The Labute approximate surface area is 106 Å². The van der Waals surface area contributed by atoms with Crippen molar-refractivity contribution in [3.05, 3.63) is 33.4 Å². The average Bonchev–Trinajstić information content (AvgIpc) is 2.15. The van der Waals surface area contributed by atoms with Gasteiger partial charge in [-0.05, 0) is 65.5 Å². The molecule has 0 radical (unpaired) electrons. The van der Waals surface area contributed by atoms with Crippen molar-refractivity contribution in [2.45, 2.75) is 33.3 Å². The molecule has 1 rings (SSSR count). The quantitative estimate of drug-likeness (QED) is 0.843. The van der Waals surface area contributed by atoms with E-state index in [1.54, 1.807) is 0 Å². The number of aliphatic hydroxyl groups excluding tert-OH is 1. The van der Waals surface area contributed by atoms with Gasteiger partial charge in [0.1, 0.15) is 0 Å². The van der Waals surface area contributed by atoms with Gasteiger partial charge in [0.2, 0.25) is 0 Å². The van der Waals surface area contributed by atoms with Crippen molar-refractivity contribution in [1.82, 2.24) is 0 Å². The minimum Gasteiger partial charge on any atom is -0.393 e. The molecule has 84 valence electrons. The molecule has 0 aliphatic heterocycles. The van der Waals surface area contributed by atoms with Crippen molar-refractivity contribution in [3.8, 4) is 0 Å². The largest absolute Gasteiger partial charge is 0.393 e. The number of halogens is 1. The molecule has 1 N–H and O–H groups in total. The molecule has 0 saturated carbocycles. The standard InChI is InChI=1S/C13H19IO/c1-9(2)13(10(3)15)8-11-4-6-12(14)7-5-11/h4-7,9-10,13,15H,8H2,1-3H3. The lowest BCUT2D eigenvalue weighted by Gasteiger charge is -2.23. The van der Waals surface area contributed by atoms with Crippen LogP contribution in [0.15, 0.2) is 24.3 Å². The van der Waals surface area contributed by atoms with E-state index in [2.05, 4.69) is 60.7 Å². The molecule has 1 aromatic carbocycles. The predicted octanol–water partition coefficient (Wildman–Crippen LogP) is 3.49. The molecule has 0 bridgehead atoms. The van der Waals surface area contributed by atoms with E-state index in [0.29, 0.717) is 11.8 Å². The summed E-state index contributed by atoms with van der Waals surface area (Å²) in [5, 5.41) is 9.70. The van der Waals surface area contributed by atoms with Crippen molar-refractivity contribution >= 4 is 22.6 Å². The van der Waals surface area contributed by atoms with Gasteiger partial charge < -0.3 is 5.11 Å². The molecule has 0 fully saturated rings. The Morgan fingerprint density at radius 2 is 1.67 bits per heavy atom. The first-order valence-electron chi connectivity index (χ1n) is 5.43. The molecule has 2 atom stereocenters. The number of hydrogen-bond donors (Lipinski definition) is 1. The van der Waals surface area contributed by atoms with Crippen LogP contribution in [0.5, 0.6) is 0 Å². The van der Waals surface area contributed by atoms with Crippen LogP contribution in [0, 0.1) is 15.4 Å². The molecular weight excluding hydrogens is 299 g/mol. The van der Waals surface area contributed by atoms with Crippen molar-refractivity contribution in [1.29, 1.82) is 0 Å². The lowest BCUT2D eigenvalue weighted by molar-refractivity contribution is 0.0977. The van der Waals surface area contributed by atoms with Gasteiger partial charge in [-0.1, -0.05) is 26.0 Å². The molecule has 0 aromatic heterocycles. The molecule has 2 heteroatoms. The van der Waals surface area contributed by atoms with Crippen LogP contribution < -0.4 is 0 Å². The normalized spacial score (nSPS) is 15.3. The first-order valence-corrected chi connectivity index (χ1v) is 6.51. The second kappa shape index (κ2) is 5.85. The van der Waals surface area contributed by atoms with Crippen LogP contribution in [0.2, 0.25) is 0 Å². The first-order chi connectivity index (χ1) is 7.00. The fraction of sp³-hybridized carbons (Fsp3) is 0.538. The Balaban J connectivity index is 2.70. The third kappa shape index (κ3) is 4.11. The summed E-state index contributed by atoms with van der Waals surface area (Å²) in [6, 6.07) is 8.55. The zero-order chi connectivity index (χ0) is 11.4. The molecule has 15 heavy (non-hydrogen) atoms. The molecule has 1 aromatic rings. The molecule has 0 heterocycles. The van der Waals surface area contributed by atoms with Gasteiger partial charge in [-0.25, -0.2) is 0 Å². The number of hydrogen-bond acceptors (Lipinski definition) is 1.